The summed E-state index contributed by atoms with van der Waals surface area (Å²) in [6.45, 7) is 22.4. The first kappa shape index (κ1) is 61.3. The van der Waals surface area contributed by atoms with Crippen LogP contribution in [0.25, 0.3) is 0 Å². The number of hydrogen-bond acceptors (Lipinski definition) is 3. The SMILES string of the molecule is CCCCCCCC[N+](C)(CCCCCCCC)CCCCCCCC.CCCCCCCC[N+](C)(CCCCCCCC)CCCCCCCC.O=P([O-])([O-])O. The molecule has 0 unspecified atom stereocenters. The van der Waals surface area contributed by atoms with Gasteiger partial charge in [-0.15, -0.1) is 0 Å². The highest BCUT2D eigenvalue weighted by Crippen LogP contribution is 2.18. The lowest BCUT2D eigenvalue weighted by Crippen LogP contribution is -2.46. The second-order valence-electron chi connectivity index (χ2n) is 18.7. The van der Waals surface area contributed by atoms with Gasteiger partial charge in [-0.2, -0.15) is 0 Å². The highest BCUT2D eigenvalue weighted by Gasteiger charge is 2.21. The van der Waals surface area contributed by atoms with Crippen LogP contribution in [0.4, 0.5) is 0 Å². The Bertz CT molecular complexity index is 648. The van der Waals surface area contributed by atoms with Gasteiger partial charge in [0.25, 0.3) is 0 Å². The maximum Gasteiger partial charge on any atom is 0.0784 e. The number of phosphoric acid groups is 1. The summed E-state index contributed by atoms with van der Waals surface area (Å²) >= 11 is 0. The highest BCUT2D eigenvalue weighted by molar-refractivity contribution is 7.42. The third-order valence-electron chi connectivity index (χ3n) is 12.3. The van der Waals surface area contributed by atoms with E-state index in [9.17, 15) is 0 Å². The molecule has 57 heavy (non-hydrogen) atoms. The van der Waals surface area contributed by atoms with Crippen molar-refractivity contribution < 1.29 is 28.2 Å². The van der Waals surface area contributed by atoms with Crippen LogP contribution in [-0.2, 0) is 4.57 Å². The van der Waals surface area contributed by atoms with Crippen molar-refractivity contribution in [2.75, 3.05) is 53.4 Å². The quantitative estimate of drug-likeness (QED) is 0.0377. The zero-order valence-electron chi connectivity index (χ0n) is 40.7. The smallest absolute Gasteiger partial charge is 0.0784 e. The predicted molar refractivity (Wildman–Crippen MR) is 252 cm³/mol. The van der Waals surface area contributed by atoms with Gasteiger partial charge in [0.15, 0.2) is 0 Å². The fraction of sp³-hybridized carbons (Fsp3) is 1.00. The molecule has 1 N–H and O–H groups in total. The Balaban J connectivity index is -0.000000913. The molecular weight excluding hydrogens is 724 g/mol. The average molecular weight is 833 g/mol. The van der Waals surface area contributed by atoms with Gasteiger partial charge in [0, 0.05) is 0 Å². The van der Waals surface area contributed by atoms with E-state index in [0.29, 0.717) is 0 Å². The van der Waals surface area contributed by atoms with Crippen LogP contribution in [0.15, 0.2) is 0 Å². The summed E-state index contributed by atoms with van der Waals surface area (Å²) in [7, 11) is -0.0196. The van der Waals surface area contributed by atoms with Crippen molar-refractivity contribution in [2.45, 2.75) is 273 Å². The Labute approximate surface area is 361 Å². The molecule has 0 amide bonds. The van der Waals surface area contributed by atoms with Crippen molar-refractivity contribution in [1.29, 1.82) is 0 Å². The lowest BCUT2D eigenvalue weighted by atomic mass is 10.1. The lowest BCUT2D eigenvalue weighted by molar-refractivity contribution is -0.910. The molecule has 0 fully saturated rings. The van der Waals surface area contributed by atoms with Crippen molar-refractivity contribution in [3.8, 4) is 0 Å². The van der Waals surface area contributed by atoms with Gasteiger partial charge in [-0.3, -0.25) is 0 Å². The molecule has 0 aromatic heterocycles. The Morgan fingerprint density at radius 1 is 0.298 bits per heavy atom. The zero-order chi connectivity index (χ0) is 43.2. The van der Waals surface area contributed by atoms with E-state index in [-0.39, 0.29) is 0 Å². The van der Waals surface area contributed by atoms with Crippen molar-refractivity contribution >= 4 is 7.82 Å². The molecule has 6 nitrogen and oxygen atoms in total. The van der Waals surface area contributed by atoms with E-state index in [1.165, 1.54) is 279 Å². The van der Waals surface area contributed by atoms with Crippen molar-refractivity contribution in [2.24, 2.45) is 0 Å². The summed E-state index contributed by atoms with van der Waals surface area (Å²) in [6.07, 6.45) is 51.7. The van der Waals surface area contributed by atoms with Crippen LogP contribution >= 0.6 is 7.82 Å². The van der Waals surface area contributed by atoms with Gasteiger partial charge in [0.1, 0.15) is 0 Å². The van der Waals surface area contributed by atoms with Crippen molar-refractivity contribution in [3.63, 3.8) is 0 Å². The number of hydrogen-bond donors (Lipinski definition) is 1. The Kier molecular flexibility index (Phi) is 50.7. The molecule has 0 aromatic rings. The molecule has 0 aliphatic carbocycles. The largest absolute Gasteiger partial charge is 0.790 e. The summed E-state index contributed by atoms with van der Waals surface area (Å²) < 4.78 is 11.4. The number of nitrogens with zero attached hydrogens (tertiary/aromatic N) is 2. The minimum atomic E-state index is -5.14. The van der Waals surface area contributed by atoms with E-state index in [2.05, 4.69) is 55.6 Å². The third kappa shape index (κ3) is 56.0. The fourth-order valence-electron chi connectivity index (χ4n) is 8.31. The van der Waals surface area contributed by atoms with E-state index in [4.69, 9.17) is 19.2 Å². The van der Waals surface area contributed by atoms with Gasteiger partial charge in [-0.05, 0) is 77.0 Å². The van der Waals surface area contributed by atoms with E-state index in [1.54, 1.807) is 0 Å². The molecule has 0 spiro atoms. The Morgan fingerprint density at radius 3 is 0.526 bits per heavy atom. The first-order valence-corrected chi connectivity index (χ1v) is 27.3. The molecular formula is C50H109N2O4P. The van der Waals surface area contributed by atoms with Crippen LogP contribution in [-0.4, -0.2) is 67.2 Å². The number of quaternary nitrogens is 2. The van der Waals surface area contributed by atoms with Gasteiger partial charge in [-0.25, -0.2) is 0 Å². The topological polar surface area (TPSA) is 83.4 Å². The number of rotatable bonds is 42. The molecule has 0 saturated carbocycles. The summed E-state index contributed by atoms with van der Waals surface area (Å²) in [5, 5.41) is 0. The molecule has 0 aliphatic rings. The summed E-state index contributed by atoms with van der Waals surface area (Å²) in [5.74, 6) is 0. The molecule has 0 bridgehead atoms. The first-order chi connectivity index (χ1) is 27.4. The minimum absolute atomic E-state index is 1.36. The zero-order valence-corrected chi connectivity index (χ0v) is 41.6. The van der Waals surface area contributed by atoms with Gasteiger partial charge < -0.3 is 28.2 Å². The average Bonchev–Trinajstić information content (AvgIpc) is 3.16. The molecule has 0 rings (SSSR count). The van der Waals surface area contributed by atoms with Crippen LogP contribution in [0.3, 0.4) is 0 Å². The Hall–Kier alpha value is 0.0300. The van der Waals surface area contributed by atoms with Gasteiger partial charge in [0.2, 0.25) is 0 Å². The molecule has 7 heteroatoms. The molecule has 0 aliphatic heterocycles. The minimum Gasteiger partial charge on any atom is -0.790 e. The molecule has 0 radical (unpaired) electrons. The van der Waals surface area contributed by atoms with Crippen LogP contribution in [0.5, 0.6) is 0 Å². The van der Waals surface area contributed by atoms with Gasteiger partial charge in [-0.1, -0.05) is 196 Å². The lowest BCUT2D eigenvalue weighted by Gasteiger charge is -2.35. The maximum atomic E-state index is 8.66. The second-order valence-corrected chi connectivity index (χ2v) is 19.6. The monoisotopic (exact) mass is 833 g/mol. The van der Waals surface area contributed by atoms with Crippen molar-refractivity contribution in [1.82, 2.24) is 0 Å². The van der Waals surface area contributed by atoms with Crippen molar-refractivity contribution in [3.05, 3.63) is 0 Å². The van der Waals surface area contributed by atoms with Crippen LogP contribution in [0, 0.1) is 0 Å². The second kappa shape index (κ2) is 47.1. The standard InChI is InChI=1S/2C25H54N.H3O4P/c2*1-5-8-11-14-17-20-23-26(4,24-21-18-15-12-9-6-2)25-22-19-16-13-10-7-3;1-5(2,3)4/h2*5-25H2,1-4H3;(H3,1,2,3,4)/q2*+1;/p-2. The first-order valence-electron chi connectivity index (χ1n) is 25.8. The van der Waals surface area contributed by atoms with E-state index in [1.807, 2.05) is 0 Å². The van der Waals surface area contributed by atoms with E-state index >= 15 is 0 Å². The normalized spacial score (nSPS) is 12.0. The van der Waals surface area contributed by atoms with Crippen LogP contribution in [0.2, 0.25) is 0 Å². The summed E-state index contributed by atoms with van der Waals surface area (Å²) in [4.78, 5) is 24.3. The predicted octanol–water partition coefficient (Wildman–Crippen LogP) is 14.8. The molecule has 0 atom stereocenters. The van der Waals surface area contributed by atoms with Crippen LogP contribution in [0.1, 0.15) is 273 Å². The number of unbranched alkanes of at least 4 members (excludes halogenated alkanes) is 30. The molecule has 0 heterocycles. The van der Waals surface area contributed by atoms with Gasteiger partial charge >= 0.3 is 0 Å². The third-order valence-corrected chi connectivity index (χ3v) is 12.3. The summed E-state index contributed by atoms with van der Waals surface area (Å²) in [6, 6.07) is 0. The van der Waals surface area contributed by atoms with Crippen LogP contribution < -0.4 is 9.79 Å². The highest BCUT2D eigenvalue weighted by atomic mass is 31.2. The van der Waals surface area contributed by atoms with E-state index in [0.717, 1.165) is 0 Å². The van der Waals surface area contributed by atoms with Gasteiger partial charge in [0.05, 0.1) is 61.2 Å². The maximum absolute atomic E-state index is 8.66. The molecule has 0 saturated heterocycles. The Morgan fingerprint density at radius 2 is 0.404 bits per heavy atom. The molecule has 348 valence electrons. The fourth-order valence-corrected chi connectivity index (χ4v) is 8.31. The summed E-state index contributed by atoms with van der Waals surface area (Å²) in [5.41, 5.74) is 0. The molecule has 0 aromatic carbocycles. The van der Waals surface area contributed by atoms with E-state index < -0.39 is 7.82 Å².